The van der Waals surface area contributed by atoms with E-state index in [1.165, 1.54) is 12.1 Å². The van der Waals surface area contributed by atoms with Crippen LogP contribution < -0.4 is 4.18 Å². The summed E-state index contributed by atoms with van der Waals surface area (Å²) in [5, 5.41) is 0. The molecule has 0 aliphatic rings. The first kappa shape index (κ1) is 14.5. The molecule has 2 rings (SSSR count). The molecule has 8 heteroatoms. The Hall–Kier alpha value is -1.90. The Morgan fingerprint density at radius 3 is 1.80 bits per heavy atom. The molecule has 2 aromatic carbocycles. The van der Waals surface area contributed by atoms with Gasteiger partial charge in [0.2, 0.25) is 0 Å². The average molecular weight is 314 g/mol. The van der Waals surface area contributed by atoms with Crippen LogP contribution in [0.2, 0.25) is 0 Å². The quantitative estimate of drug-likeness (QED) is 0.681. The van der Waals surface area contributed by atoms with Gasteiger partial charge in [-0.05, 0) is 36.4 Å². The molecule has 0 fully saturated rings. The highest BCUT2D eigenvalue weighted by molar-refractivity contribution is 7.87. The third-order valence-electron chi connectivity index (χ3n) is 2.36. The van der Waals surface area contributed by atoms with Crippen molar-refractivity contribution < 1.29 is 25.6 Å². The van der Waals surface area contributed by atoms with E-state index in [1.807, 2.05) is 0 Å². The van der Waals surface area contributed by atoms with Crippen molar-refractivity contribution in [2.75, 3.05) is 0 Å². The van der Waals surface area contributed by atoms with Crippen LogP contribution in [0.3, 0.4) is 0 Å². The maximum absolute atomic E-state index is 11.9. The number of hydrogen-bond donors (Lipinski definition) is 1. The van der Waals surface area contributed by atoms with Gasteiger partial charge >= 0.3 is 10.1 Å². The first-order chi connectivity index (χ1) is 9.29. The van der Waals surface area contributed by atoms with Gasteiger partial charge in [-0.3, -0.25) is 4.55 Å². The monoisotopic (exact) mass is 314 g/mol. The minimum atomic E-state index is -4.32. The molecule has 0 radical (unpaired) electrons. The summed E-state index contributed by atoms with van der Waals surface area (Å²) < 4.78 is 59.1. The molecule has 0 saturated heterocycles. The third-order valence-corrected chi connectivity index (χ3v) is 4.49. The highest BCUT2D eigenvalue weighted by Crippen LogP contribution is 2.20. The van der Waals surface area contributed by atoms with Crippen molar-refractivity contribution >= 4 is 20.2 Å². The molecule has 1 N–H and O–H groups in total. The lowest BCUT2D eigenvalue weighted by molar-refractivity contribution is 0.482. The average Bonchev–Trinajstić information content (AvgIpc) is 2.39. The van der Waals surface area contributed by atoms with E-state index in [2.05, 4.69) is 0 Å². The summed E-state index contributed by atoms with van der Waals surface area (Å²) in [6.45, 7) is 0. The van der Waals surface area contributed by atoms with Crippen LogP contribution in [-0.4, -0.2) is 21.4 Å². The number of benzene rings is 2. The second-order valence-corrected chi connectivity index (χ2v) is 6.76. The van der Waals surface area contributed by atoms with Gasteiger partial charge in [0.15, 0.2) is 0 Å². The second-order valence-electron chi connectivity index (χ2n) is 3.80. The van der Waals surface area contributed by atoms with Crippen molar-refractivity contribution in [1.29, 1.82) is 0 Å². The Labute approximate surface area is 116 Å². The fraction of sp³-hybridized carbons (Fsp3) is 0. The Kier molecular flexibility index (Phi) is 3.80. The van der Waals surface area contributed by atoms with Crippen molar-refractivity contribution in [3.8, 4) is 5.75 Å². The van der Waals surface area contributed by atoms with Gasteiger partial charge in [-0.2, -0.15) is 16.8 Å². The second kappa shape index (κ2) is 5.23. The highest BCUT2D eigenvalue weighted by Gasteiger charge is 2.16. The van der Waals surface area contributed by atoms with Crippen molar-refractivity contribution in [2.45, 2.75) is 9.79 Å². The summed E-state index contributed by atoms with van der Waals surface area (Å²) in [7, 11) is -8.29. The van der Waals surface area contributed by atoms with Gasteiger partial charge in [-0.1, -0.05) is 18.2 Å². The number of rotatable bonds is 4. The van der Waals surface area contributed by atoms with Gasteiger partial charge in [0, 0.05) is 0 Å². The Bertz CT molecular complexity index is 793. The molecule has 0 heterocycles. The third kappa shape index (κ3) is 3.35. The molecule has 20 heavy (non-hydrogen) atoms. The molecule has 0 atom stereocenters. The minimum Gasteiger partial charge on any atom is -0.379 e. The molecule has 106 valence electrons. The van der Waals surface area contributed by atoms with Crippen molar-refractivity contribution in [2.24, 2.45) is 0 Å². The molecule has 0 spiro atoms. The van der Waals surface area contributed by atoms with Gasteiger partial charge in [0.1, 0.15) is 10.6 Å². The normalized spacial score (nSPS) is 12.1. The van der Waals surface area contributed by atoms with E-state index < -0.39 is 20.2 Å². The van der Waals surface area contributed by atoms with Crippen LogP contribution in [0.15, 0.2) is 64.4 Å². The minimum absolute atomic E-state index is 0.0149. The summed E-state index contributed by atoms with van der Waals surface area (Å²) in [6, 6.07) is 11.9. The summed E-state index contributed by atoms with van der Waals surface area (Å²) in [5.74, 6) is -0.0544. The molecule has 0 amide bonds. The fourth-order valence-electron chi connectivity index (χ4n) is 1.43. The predicted octanol–water partition coefficient (Wildman–Crippen LogP) is 1.70. The zero-order valence-electron chi connectivity index (χ0n) is 10.0. The Morgan fingerprint density at radius 2 is 1.30 bits per heavy atom. The maximum atomic E-state index is 11.9. The first-order valence-electron chi connectivity index (χ1n) is 5.36. The van der Waals surface area contributed by atoms with E-state index in [1.54, 1.807) is 18.2 Å². The summed E-state index contributed by atoms with van der Waals surface area (Å²) >= 11 is 0. The molecule has 0 unspecified atom stereocenters. The van der Waals surface area contributed by atoms with Crippen LogP contribution in [0.5, 0.6) is 5.75 Å². The smallest absolute Gasteiger partial charge is 0.339 e. The zero-order chi connectivity index (χ0) is 14.8. The maximum Gasteiger partial charge on any atom is 0.339 e. The Morgan fingerprint density at radius 1 is 0.750 bits per heavy atom. The molecule has 2 aromatic rings. The van der Waals surface area contributed by atoms with Crippen LogP contribution in [0.1, 0.15) is 0 Å². The van der Waals surface area contributed by atoms with Crippen LogP contribution in [-0.2, 0) is 20.2 Å². The highest BCUT2D eigenvalue weighted by atomic mass is 32.2. The molecule has 0 aliphatic heterocycles. The van der Waals surface area contributed by atoms with Gasteiger partial charge in [0.25, 0.3) is 10.1 Å². The number of hydrogen-bond acceptors (Lipinski definition) is 5. The van der Waals surface area contributed by atoms with Crippen LogP contribution in [0.4, 0.5) is 0 Å². The summed E-state index contributed by atoms with van der Waals surface area (Å²) in [4.78, 5) is -0.360. The van der Waals surface area contributed by atoms with E-state index in [0.717, 1.165) is 24.3 Å². The molecular weight excluding hydrogens is 304 g/mol. The van der Waals surface area contributed by atoms with Crippen molar-refractivity contribution in [3.63, 3.8) is 0 Å². The SMILES string of the molecule is O=S(=O)(O)c1ccc(OS(=O)(=O)c2ccccc2)cc1. The molecular formula is C12H10O6S2. The molecule has 6 nitrogen and oxygen atoms in total. The largest absolute Gasteiger partial charge is 0.379 e. The lowest BCUT2D eigenvalue weighted by Gasteiger charge is -2.07. The molecule has 0 saturated carbocycles. The summed E-state index contributed by atoms with van der Waals surface area (Å²) in [6.07, 6.45) is 0. The van der Waals surface area contributed by atoms with E-state index >= 15 is 0 Å². The van der Waals surface area contributed by atoms with E-state index in [9.17, 15) is 16.8 Å². The van der Waals surface area contributed by atoms with Gasteiger partial charge in [-0.15, -0.1) is 0 Å². The zero-order valence-corrected chi connectivity index (χ0v) is 11.6. The van der Waals surface area contributed by atoms with Gasteiger partial charge < -0.3 is 4.18 Å². The lowest BCUT2D eigenvalue weighted by Crippen LogP contribution is -2.09. The van der Waals surface area contributed by atoms with E-state index in [4.69, 9.17) is 8.74 Å². The van der Waals surface area contributed by atoms with Crippen molar-refractivity contribution in [3.05, 3.63) is 54.6 Å². The van der Waals surface area contributed by atoms with Crippen LogP contribution >= 0.6 is 0 Å². The van der Waals surface area contributed by atoms with Gasteiger partial charge in [-0.25, -0.2) is 0 Å². The molecule has 0 aromatic heterocycles. The molecule has 0 bridgehead atoms. The molecule has 0 aliphatic carbocycles. The topological polar surface area (TPSA) is 97.7 Å². The lowest BCUT2D eigenvalue weighted by atomic mass is 10.3. The van der Waals surface area contributed by atoms with Gasteiger partial charge in [0.05, 0.1) is 4.90 Å². The van der Waals surface area contributed by atoms with Crippen LogP contribution in [0.25, 0.3) is 0 Å². The Balaban J connectivity index is 2.27. The van der Waals surface area contributed by atoms with E-state index in [-0.39, 0.29) is 15.5 Å². The summed E-state index contributed by atoms with van der Waals surface area (Å²) in [5.41, 5.74) is 0. The fourth-order valence-corrected chi connectivity index (χ4v) is 2.86. The standard InChI is InChI=1S/C12H10O6S2/c13-19(14,15)11-8-6-10(7-9-11)18-20(16,17)12-4-2-1-3-5-12/h1-9H,(H,13,14,15). The van der Waals surface area contributed by atoms with Crippen molar-refractivity contribution in [1.82, 2.24) is 0 Å². The first-order valence-corrected chi connectivity index (χ1v) is 8.21. The van der Waals surface area contributed by atoms with E-state index in [0.29, 0.717) is 0 Å². The predicted molar refractivity (Wildman–Crippen MR) is 70.5 cm³/mol. The van der Waals surface area contributed by atoms with Crippen LogP contribution in [0, 0.1) is 0 Å².